The van der Waals surface area contributed by atoms with E-state index in [1.165, 1.54) is 6.42 Å². The molecule has 0 radical (unpaired) electrons. The van der Waals surface area contributed by atoms with Crippen LogP contribution in [-0.4, -0.2) is 28.7 Å². The van der Waals surface area contributed by atoms with Crippen LogP contribution in [-0.2, 0) is 9.47 Å². The van der Waals surface area contributed by atoms with Gasteiger partial charge in [0.05, 0.1) is 0 Å². The fourth-order valence-corrected chi connectivity index (χ4v) is 0.646. The van der Waals surface area contributed by atoms with Crippen molar-refractivity contribution < 1.29 is 19.1 Å². The molecule has 0 unspecified atom stereocenters. The number of halogens is 1. The van der Waals surface area contributed by atoms with Crippen LogP contribution in [0.4, 0.5) is 9.59 Å². The lowest BCUT2D eigenvalue weighted by atomic mass is 10.2. The highest BCUT2D eigenvalue weighted by molar-refractivity contribution is 9.09. The summed E-state index contributed by atoms with van der Waals surface area (Å²) in [6.07, 6.45) is -0.600. The summed E-state index contributed by atoms with van der Waals surface area (Å²) in [6.45, 7) is 12.3. The molecule has 0 rings (SSSR count). The van der Waals surface area contributed by atoms with Crippen molar-refractivity contribution in [1.82, 2.24) is 0 Å². The molecule has 6 nitrogen and oxygen atoms in total. The summed E-state index contributed by atoms with van der Waals surface area (Å²) in [5.41, 5.74) is -1.33. The van der Waals surface area contributed by atoms with Gasteiger partial charge in [-0.15, -0.1) is 0 Å². The molecule has 0 saturated heterocycles. The molecule has 0 spiro atoms. The van der Waals surface area contributed by atoms with Crippen molar-refractivity contribution in [2.24, 2.45) is 10.2 Å². The van der Waals surface area contributed by atoms with Crippen molar-refractivity contribution in [3.63, 3.8) is 0 Å². The number of alkyl halides is 1. The highest BCUT2D eigenvalue weighted by Crippen LogP contribution is 2.10. The third kappa shape index (κ3) is 19.4. The van der Waals surface area contributed by atoms with Gasteiger partial charge in [0.1, 0.15) is 11.2 Å². The Hall–Kier alpha value is -0.980. The Morgan fingerprint density at radius 3 is 1.30 bits per heavy atom. The van der Waals surface area contributed by atoms with Gasteiger partial charge in [0, 0.05) is 5.33 Å². The Kier molecular flexibility index (Phi) is 10.5. The first-order valence-electron chi connectivity index (χ1n) is 6.35. The second-order valence-corrected chi connectivity index (χ2v) is 6.64. The van der Waals surface area contributed by atoms with Gasteiger partial charge in [0.2, 0.25) is 0 Å². The van der Waals surface area contributed by atoms with Crippen LogP contribution < -0.4 is 0 Å². The molecule has 0 N–H and O–H groups in total. The van der Waals surface area contributed by atoms with Gasteiger partial charge in [-0.2, -0.15) is 0 Å². The Labute approximate surface area is 129 Å². The highest BCUT2D eigenvalue weighted by Gasteiger charge is 2.18. The summed E-state index contributed by atoms with van der Waals surface area (Å²) in [6, 6.07) is 0. The number of nitrogens with zero attached hydrogens (tertiary/aromatic N) is 2. The second kappa shape index (κ2) is 9.85. The van der Waals surface area contributed by atoms with Crippen LogP contribution in [0.5, 0.6) is 0 Å². The van der Waals surface area contributed by atoms with Crippen LogP contribution in [0.25, 0.3) is 0 Å². The van der Waals surface area contributed by atoms with Gasteiger partial charge in [-0.05, 0) is 48.0 Å². The fraction of sp³-hybridized carbons (Fsp3) is 0.846. The summed E-state index contributed by atoms with van der Waals surface area (Å²) < 4.78 is 9.62. The van der Waals surface area contributed by atoms with Crippen molar-refractivity contribution >= 4 is 28.1 Å². The average molecular weight is 353 g/mol. The fourth-order valence-electron chi connectivity index (χ4n) is 0.646. The van der Waals surface area contributed by atoms with E-state index in [4.69, 9.17) is 9.47 Å². The van der Waals surface area contributed by atoms with Gasteiger partial charge in [-0.25, -0.2) is 9.59 Å². The predicted molar refractivity (Wildman–Crippen MR) is 81.4 cm³/mol. The molecule has 118 valence electrons. The smallest absolute Gasteiger partial charge is 0.441 e. The molecule has 0 aliphatic rings. The Bertz CT molecular complexity index is 298. The molecule has 0 fully saturated rings. The summed E-state index contributed by atoms with van der Waals surface area (Å²) >= 11 is 3.25. The molecule has 2 amide bonds. The minimum atomic E-state index is -0.918. The molecule has 0 saturated carbocycles. The quantitative estimate of drug-likeness (QED) is 0.485. The van der Waals surface area contributed by atoms with Crippen molar-refractivity contribution in [2.75, 3.05) is 5.33 Å². The van der Waals surface area contributed by atoms with E-state index in [1.807, 2.05) is 0 Å². The van der Waals surface area contributed by atoms with Crippen molar-refractivity contribution in [3.05, 3.63) is 0 Å². The second-order valence-electron chi connectivity index (χ2n) is 5.85. The third-order valence-electron chi connectivity index (χ3n) is 1.19. The molecule has 0 aromatic carbocycles. The first-order valence-corrected chi connectivity index (χ1v) is 7.47. The lowest BCUT2D eigenvalue weighted by molar-refractivity contribution is 0.0516. The highest BCUT2D eigenvalue weighted by atomic mass is 79.9. The number of rotatable bonds is 1. The maximum Gasteiger partial charge on any atom is 0.453 e. The van der Waals surface area contributed by atoms with Gasteiger partial charge >= 0.3 is 12.2 Å². The SMILES string of the molecule is CC(C)(C)OC(=O)N=NC(=O)OC(C)(C)C.CCCBr. The normalized spacial score (nSPS) is 11.6. The van der Waals surface area contributed by atoms with E-state index in [-0.39, 0.29) is 0 Å². The van der Waals surface area contributed by atoms with Gasteiger partial charge in [0.25, 0.3) is 0 Å². The molecule has 0 heterocycles. The van der Waals surface area contributed by atoms with Crippen LogP contribution in [0.2, 0.25) is 0 Å². The van der Waals surface area contributed by atoms with E-state index in [1.54, 1.807) is 41.5 Å². The monoisotopic (exact) mass is 352 g/mol. The zero-order chi connectivity index (χ0) is 16.4. The van der Waals surface area contributed by atoms with Crippen LogP contribution in [0.3, 0.4) is 0 Å². The molecule has 0 atom stereocenters. The first kappa shape index (κ1) is 21.3. The molecule has 0 aliphatic carbocycles. The molecule has 0 bridgehead atoms. The Morgan fingerprint density at radius 2 is 1.15 bits per heavy atom. The van der Waals surface area contributed by atoms with Crippen molar-refractivity contribution in [1.29, 1.82) is 0 Å². The van der Waals surface area contributed by atoms with E-state index in [0.29, 0.717) is 0 Å². The summed E-state index contributed by atoms with van der Waals surface area (Å²) in [5, 5.41) is 7.30. The number of hydrogen-bond acceptors (Lipinski definition) is 4. The van der Waals surface area contributed by atoms with Gasteiger partial charge in [-0.1, -0.05) is 33.1 Å². The zero-order valence-electron chi connectivity index (χ0n) is 13.3. The Morgan fingerprint density at radius 1 is 0.900 bits per heavy atom. The number of ether oxygens (including phenoxy) is 2. The van der Waals surface area contributed by atoms with Crippen LogP contribution in [0, 0.1) is 0 Å². The zero-order valence-corrected chi connectivity index (χ0v) is 14.9. The maximum absolute atomic E-state index is 11.0. The summed E-state index contributed by atoms with van der Waals surface area (Å²) in [5.74, 6) is 0. The van der Waals surface area contributed by atoms with Crippen molar-refractivity contribution in [3.8, 4) is 0 Å². The first-order chi connectivity index (χ1) is 8.91. The van der Waals surface area contributed by atoms with Gasteiger partial charge in [-0.3, -0.25) is 0 Å². The van der Waals surface area contributed by atoms with E-state index in [2.05, 4.69) is 33.1 Å². The minimum absolute atomic E-state index is 0.663. The minimum Gasteiger partial charge on any atom is -0.441 e. The molecule has 20 heavy (non-hydrogen) atoms. The Balaban J connectivity index is 0. The van der Waals surface area contributed by atoms with Gasteiger partial charge < -0.3 is 9.47 Å². The van der Waals surface area contributed by atoms with Crippen LogP contribution in [0.1, 0.15) is 54.9 Å². The molecule has 0 aliphatic heterocycles. The molecular weight excluding hydrogens is 328 g/mol. The van der Waals surface area contributed by atoms with Crippen molar-refractivity contribution in [2.45, 2.75) is 66.1 Å². The third-order valence-corrected chi connectivity index (χ3v) is 1.98. The number of azo groups is 1. The molecule has 0 aromatic rings. The molecular formula is C13H25BrN2O4. The standard InChI is InChI=1S/C10H18N2O4.C3H7Br/c1-9(2,3)15-7(13)11-12-8(14)16-10(4,5)6;1-2-3-4/h1-6H3;2-3H2,1H3. The largest absolute Gasteiger partial charge is 0.453 e. The molecule has 7 heteroatoms. The molecule has 0 aromatic heterocycles. The van der Waals surface area contributed by atoms with E-state index in [0.717, 1.165) is 5.33 Å². The summed E-state index contributed by atoms with van der Waals surface area (Å²) in [7, 11) is 0. The van der Waals surface area contributed by atoms with Gasteiger partial charge in [0.15, 0.2) is 0 Å². The maximum atomic E-state index is 11.0. The van der Waals surface area contributed by atoms with Crippen LogP contribution >= 0.6 is 15.9 Å². The van der Waals surface area contributed by atoms with E-state index >= 15 is 0 Å². The number of amides is 2. The number of carbonyl (C=O) groups is 2. The van der Waals surface area contributed by atoms with E-state index < -0.39 is 23.4 Å². The topological polar surface area (TPSA) is 77.3 Å². The summed E-state index contributed by atoms with van der Waals surface area (Å²) in [4.78, 5) is 22.1. The lowest BCUT2D eigenvalue weighted by Gasteiger charge is -2.17. The number of hydrogen-bond donors (Lipinski definition) is 0. The van der Waals surface area contributed by atoms with Crippen LogP contribution in [0.15, 0.2) is 10.2 Å². The predicted octanol–water partition coefficient (Wildman–Crippen LogP) is 5.10. The lowest BCUT2D eigenvalue weighted by Crippen LogP contribution is -2.23. The van der Waals surface area contributed by atoms with E-state index in [9.17, 15) is 9.59 Å². The number of carbonyl (C=O) groups excluding carboxylic acids is 2. The average Bonchev–Trinajstić information content (AvgIpc) is 2.22.